The third-order valence-electron chi connectivity index (χ3n) is 5.87. The first-order valence-corrected chi connectivity index (χ1v) is 9.59. The highest BCUT2D eigenvalue weighted by Crippen LogP contribution is 2.31. The largest absolute Gasteiger partial charge is 0.302 e. The molecule has 0 spiro atoms. The number of fused-ring (bicyclic) bond motifs is 4. The summed E-state index contributed by atoms with van der Waals surface area (Å²) in [4.78, 5) is 14.5. The number of hydrogen-bond acceptors (Lipinski definition) is 4. The van der Waals surface area contributed by atoms with Gasteiger partial charge in [-0.1, -0.05) is 17.7 Å². The van der Waals surface area contributed by atoms with E-state index in [0.717, 1.165) is 36.7 Å². The van der Waals surface area contributed by atoms with Gasteiger partial charge in [0.1, 0.15) is 11.3 Å². The van der Waals surface area contributed by atoms with Crippen molar-refractivity contribution in [2.24, 2.45) is 0 Å². The van der Waals surface area contributed by atoms with Gasteiger partial charge in [0.05, 0.1) is 16.4 Å². The molecule has 0 N–H and O–H groups in total. The maximum absolute atomic E-state index is 6.03. The van der Waals surface area contributed by atoms with Gasteiger partial charge in [0.15, 0.2) is 0 Å². The standard InChI is InChI=1S/C20H22ClN5/c1-24-11-16-7-6-15(24)12-25(16)13-18-20(17-8-5-14(21)10-22-17)23-19-4-2-3-9-26(18)19/h2-5,8-10,15-16H,6-7,11-13H2,1H3. The first-order chi connectivity index (χ1) is 12.7. The van der Waals surface area contributed by atoms with Crippen molar-refractivity contribution in [2.45, 2.75) is 31.5 Å². The van der Waals surface area contributed by atoms with Crippen LogP contribution in [0.15, 0.2) is 42.7 Å². The van der Waals surface area contributed by atoms with Crippen LogP contribution in [0, 0.1) is 0 Å². The van der Waals surface area contributed by atoms with Gasteiger partial charge < -0.3 is 9.30 Å². The molecule has 3 fully saturated rings. The molecule has 6 heterocycles. The number of aromatic nitrogens is 3. The van der Waals surface area contributed by atoms with Gasteiger partial charge in [-0.25, -0.2) is 4.98 Å². The lowest BCUT2D eigenvalue weighted by Crippen LogP contribution is -2.60. The van der Waals surface area contributed by atoms with Crippen LogP contribution in [-0.2, 0) is 6.54 Å². The predicted octanol–water partition coefficient (Wildman–Crippen LogP) is 3.33. The molecular formula is C20H22ClN5. The Balaban J connectivity index is 1.56. The van der Waals surface area contributed by atoms with Crippen molar-refractivity contribution in [3.63, 3.8) is 0 Å². The number of piperidine rings is 2. The van der Waals surface area contributed by atoms with Crippen molar-refractivity contribution >= 4 is 17.2 Å². The summed E-state index contributed by atoms with van der Waals surface area (Å²) in [7, 11) is 2.26. The zero-order chi connectivity index (χ0) is 17.7. The Bertz CT molecular complexity index is 935. The van der Waals surface area contributed by atoms with Crippen molar-refractivity contribution in [3.05, 3.63) is 53.4 Å². The van der Waals surface area contributed by atoms with Crippen LogP contribution in [0.2, 0.25) is 5.02 Å². The summed E-state index contributed by atoms with van der Waals surface area (Å²) < 4.78 is 2.21. The Morgan fingerprint density at radius 1 is 1.12 bits per heavy atom. The summed E-state index contributed by atoms with van der Waals surface area (Å²) in [5.74, 6) is 0. The number of rotatable bonds is 3. The zero-order valence-corrected chi connectivity index (χ0v) is 15.6. The summed E-state index contributed by atoms with van der Waals surface area (Å²) in [6.45, 7) is 3.20. The molecule has 6 heteroatoms. The number of piperazine rings is 1. The third kappa shape index (κ3) is 2.71. The number of likely N-dealkylation sites (N-methyl/N-ethyl adjacent to an activating group) is 1. The molecular weight excluding hydrogens is 346 g/mol. The van der Waals surface area contributed by atoms with Crippen LogP contribution in [0.25, 0.3) is 17.0 Å². The molecule has 3 aromatic heterocycles. The second kappa shape index (κ2) is 6.34. The van der Waals surface area contributed by atoms with Crippen LogP contribution in [0.4, 0.5) is 0 Å². The zero-order valence-electron chi connectivity index (χ0n) is 14.8. The normalized spacial score (nSPS) is 23.8. The molecule has 5 nitrogen and oxygen atoms in total. The Kier molecular flexibility index (Phi) is 3.96. The first kappa shape index (κ1) is 16.2. The minimum atomic E-state index is 0.630. The van der Waals surface area contributed by atoms with Gasteiger partial charge in [-0.2, -0.15) is 0 Å². The number of nitrogens with zero attached hydrogens (tertiary/aromatic N) is 5. The van der Waals surface area contributed by atoms with E-state index in [2.05, 4.69) is 44.6 Å². The molecule has 3 aromatic rings. The average Bonchev–Trinajstić information content (AvgIpc) is 3.02. The minimum Gasteiger partial charge on any atom is -0.302 e. The number of imidazole rings is 1. The molecule has 0 radical (unpaired) electrons. The molecule has 134 valence electrons. The third-order valence-corrected chi connectivity index (χ3v) is 6.09. The van der Waals surface area contributed by atoms with Gasteiger partial charge in [0.25, 0.3) is 0 Å². The molecule has 2 bridgehead atoms. The highest BCUT2D eigenvalue weighted by Gasteiger charge is 2.37. The van der Waals surface area contributed by atoms with Gasteiger partial charge in [0.2, 0.25) is 0 Å². The summed E-state index contributed by atoms with van der Waals surface area (Å²) in [5, 5.41) is 0.649. The van der Waals surface area contributed by atoms with Crippen molar-refractivity contribution in [1.82, 2.24) is 24.2 Å². The molecule has 3 aliphatic heterocycles. The highest BCUT2D eigenvalue weighted by atomic mass is 35.5. The van der Waals surface area contributed by atoms with Crippen LogP contribution in [0.3, 0.4) is 0 Å². The quantitative estimate of drug-likeness (QED) is 0.711. The van der Waals surface area contributed by atoms with E-state index in [1.807, 2.05) is 18.2 Å². The maximum Gasteiger partial charge on any atom is 0.137 e. The Labute approximate surface area is 158 Å². The molecule has 6 rings (SSSR count). The van der Waals surface area contributed by atoms with E-state index < -0.39 is 0 Å². The summed E-state index contributed by atoms with van der Waals surface area (Å²) in [6.07, 6.45) is 6.41. The van der Waals surface area contributed by atoms with Crippen molar-refractivity contribution in [2.75, 3.05) is 20.1 Å². The summed E-state index contributed by atoms with van der Waals surface area (Å²) in [6, 6.07) is 11.3. The molecule has 2 unspecified atom stereocenters. The predicted molar refractivity (Wildman–Crippen MR) is 103 cm³/mol. The minimum absolute atomic E-state index is 0.630. The fraction of sp³-hybridized carbons (Fsp3) is 0.400. The molecule has 0 amide bonds. The first-order valence-electron chi connectivity index (χ1n) is 9.21. The SMILES string of the molecule is CN1CC2CCC1CN2Cc1c(-c2ccc(Cl)cn2)nc2ccccn12. The fourth-order valence-corrected chi connectivity index (χ4v) is 4.54. The molecule has 0 aromatic carbocycles. The van der Waals surface area contributed by atoms with E-state index >= 15 is 0 Å². The van der Waals surface area contributed by atoms with Crippen molar-refractivity contribution < 1.29 is 0 Å². The number of hydrogen-bond donors (Lipinski definition) is 0. The summed E-state index contributed by atoms with van der Waals surface area (Å²) >= 11 is 6.03. The molecule has 3 aliphatic rings. The van der Waals surface area contributed by atoms with E-state index in [9.17, 15) is 0 Å². The lowest BCUT2D eigenvalue weighted by atomic mass is 9.91. The molecule has 3 saturated heterocycles. The van der Waals surface area contributed by atoms with E-state index in [4.69, 9.17) is 16.6 Å². The second-order valence-corrected chi connectivity index (χ2v) is 7.89. The van der Waals surface area contributed by atoms with Crippen LogP contribution >= 0.6 is 11.6 Å². The molecule has 0 aliphatic carbocycles. The van der Waals surface area contributed by atoms with E-state index in [1.165, 1.54) is 18.5 Å². The second-order valence-electron chi connectivity index (χ2n) is 7.45. The van der Waals surface area contributed by atoms with E-state index in [1.54, 1.807) is 6.20 Å². The molecule has 0 saturated carbocycles. The van der Waals surface area contributed by atoms with Gasteiger partial charge in [-0.15, -0.1) is 0 Å². The monoisotopic (exact) mass is 367 g/mol. The summed E-state index contributed by atoms with van der Waals surface area (Å²) in [5.41, 5.74) is 4.02. The Hall–Kier alpha value is -1.95. The van der Waals surface area contributed by atoms with E-state index in [-0.39, 0.29) is 0 Å². The number of halogens is 1. The van der Waals surface area contributed by atoms with Crippen LogP contribution in [0.1, 0.15) is 18.5 Å². The van der Waals surface area contributed by atoms with Crippen LogP contribution < -0.4 is 0 Å². The highest BCUT2D eigenvalue weighted by molar-refractivity contribution is 6.30. The van der Waals surface area contributed by atoms with Gasteiger partial charge in [-0.05, 0) is 44.2 Å². The van der Waals surface area contributed by atoms with E-state index in [0.29, 0.717) is 17.1 Å². The van der Waals surface area contributed by atoms with Crippen molar-refractivity contribution in [3.8, 4) is 11.4 Å². The topological polar surface area (TPSA) is 36.7 Å². The lowest BCUT2D eigenvalue weighted by Gasteiger charge is -2.50. The van der Waals surface area contributed by atoms with Crippen molar-refractivity contribution in [1.29, 1.82) is 0 Å². The van der Waals surface area contributed by atoms with Gasteiger partial charge in [-0.3, -0.25) is 9.88 Å². The van der Waals surface area contributed by atoms with Crippen LogP contribution in [0.5, 0.6) is 0 Å². The molecule has 26 heavy (non-hydrogen) atoms. The smallest absolute Gasteiger partial charge is 0.137 e. The maximum atomic E-state index is 6.03. The Morgan fingerprint density at radius 2 is 2.00 bits per heavy atom. The van der Waals surface area contributed by atoms with Gasteiger partial charge in [0, 0.05) is 44.1 Å². The fourth-order valence-electron chi connectivity index (χ4n) is 4.43. The lowest BCUT2D eigenvalue weighted by molar-refractivity contribution is -0.0117. The average molecular weight is 368 g/mol. The Morgan fingerprint density at radius 3 is 2.73 bits per heavy atom. The number of pyridine rings is 2. The van der Waals surface area contributed by atoms with Crippen LogP contribution in [-0.4, -0.2) is 56.4 Å². The molecule has 2 atom stereocenters. The van der Waals surface area contributed by atoms with Gasteiger partial charge >= 0.3 is 0 Å².